The van der Waals surface area contributed by atoms with Gasteiger partial charge in [0.2, 0.25) is 0 Å². The normalized spacial score (nSPS) is 13.0. The molecule has 1 rings (SSSR count). The quantitative estimate of drug-likeness (QED) is 0.841. The Labute approximate surface area is 110 Å². The fourth-order valence-electron chi connectivity index (χ4n) is 2.07. The molecule has 0 aliphatic heterocycles. The highest BCUT2D eigenvalue weighted by molar-refractivity contribution is 5.53. The fourth-order valence-corrected chi connectivity index (χ4v) is 2.07. The topological polar surface area (TPSA) is 51.4 Å². The van der Waals surface area contributed by atoms with Crippen molar-refractivity contribution in [1.82, 2.24) is 9.88 Å². The predicted octanol–water partition coefficient (Wildman–Crippen LogP) is 2.14. The smallest absolute Gasteiger partial charge is 0.0615 e. The van der Waals surface area contributed by atoms with Crippen molar-refractivity contribution in [3.05, 3.63) is 23.0 Å². The molecule has 1 atom stereocenters. The third-order valence-electron chi connectivity index (χ3n) is 3.47. The first-order chi connectivity index (χ1) is 8.51. The van der Waals surface area contributed by atoms with E-state index < -0.39 is 0 Å². The molecule has 4 heteroatoms. The van der Waals surface area contributed by atoms with Crippen LogP contribution < -0.4 is 5.73 Å². The summed E-state index contributed by atoms with van der Waals surface area (Å²) in [4.78, 5) is 6.85. The molecule has 1 heterocycles. The fraction of sp³-hybridized carbons (Fsp3) is 0.643. The van der Waals surface area contributed by atoms with Crippen LogP contribution in [0.5, 0.6) is 0 Å². The lowest BCUT2D eigenvalue weighted by Gasteiger charge is -2.27. The van der Waals surface area contributed by atoms with Gasteiger partial charge in [0.1, 0.15) is 0 Å². The number of rotatable bonds is 6. The average Bonchev–Trinajstić information content (AvgIpc) is 2.35. The summed E-state index contributed by atoms with van der Waals surface area (Å²) in [6, 6.07) is 0.378. The maximum atomic E-state index is 6.05. The number of anilines is 1. The highest BCUT2D eigenvalue weighted by atomic mass is 16.5. The molecule has 18 heavy (non-hydrogen) atoms. The molecule has 2 N–H and O–H groups in total. The van der Waals surface area contributed by atoms with Gasteiger partial charge in [-0.1, -0.05) is 6.92 Å². The van der Waals surface area contributed by atoms with Crippen LogP contribution in [0.15, 0.2) is 6.20 Å². The second kappa shape index (κ2) is 6.71. The minimum Gasteiger partial charge on any atom is -0.398 e. The molecule has 1 aromatic rings. The van der Waals surface area contributed by atoms with Crippen LogP contribution in [0.1, 0.15) is 30.7 Å². The first-order valence-corrected chi connectivity index (χ1v) is 6.44. The summed E-state index contributed by atoms with van der Waals surface area (Å²) < 4.78 is 5.21. The zero-order valence-electron chi connectivity index (χ0n) is 12.2. The summed E-state index contributed by atoms with van der Waals surface area (Å²) >= 11 is 0. The molecule has 0 saturated carbocycles. The summed E-state index contributed by atoms with van der Waals surface area (Å²) in [6.07, 6.45) is 1.85. The van der Waals surface area contributed by atoms with Crippen LogP contribution in [0, 0.1) is 13.8 Å². The molecule has 4 nitrogen and oxygen atoms in total. The van der Waals surface area contributed by atoms with Gasteiger partial charge in [-0.25, -0.2) is 0 Å². The van der Waals surface area contributed by atoms with Gasteiger partial charge in [-0.05, 0) is 38.4 Å². The van der Waals surface area contributed by atoms with E-state index in [1.54, 1.807) is 7.11 Å². The molecule has 0 radical (unpaired) electrons. The number of hydrogen-bond donors (Lipinski definition) is 1. The Morgan fingerprint density at radius 3 is 2.67 bits per heavy atom. The highest BCUT2D eigenvalue weighted by Gasteiger charge is 2.15. The summed E-state index contributed by atoms with van der Waals surface area (Å²) in [7, 11) is 1.73. The number of ether oxygens (including phenoxy) is 1. The van der Waals surface area contributed by atoms with Crippen molar-refractivity contribution in [2.75, 3.05) is 26.0 Å². The number of nitrogens with zero attached hydrogens (tertiary/aromatic N) is 2. The van der Waals surface area contributed by atoms with Crippen LogP contribution in [-0.4, -0.2) is 36.2 Å². The van der Waals surface area contributed by atoms with Crippen LogP contribution in [0.2, 0.25) is 0 Å². The molecule has 1 aromatic heterocycles. The Hall–Kier alpha value is -1.13. The van der Waals surface area contributed by atoms with Crippen molar-refractivity contribution in [2.45, 2.75) is 40.3 Å². The van der Waals surface area contributed by atoms with E-state index >= 15 is 0 Å². The summed E-state index contributed by atoms with van der Waals surface area (Å²) in [5.41, 5.74) is 10.1. The van der Waals surface area contributed by atoms with Gasteiger partial charge in [0, 0.05) is 31.6 Å². The molecule has 0 aromatic carbocycles. The van der Waals surface area contributed by atoms with Crippen molar-refractivity contribution < 1.29 is 4.74 Å². The van der Waals surface area contributed by atoms with E-state index in [-0.39, 0.29) is 0 Å². The first-order valence-electron chi connectivity index (χ1n) is 6.44. The molecule has 0 aliphatic rings. The standard InChI is InChI=1S/C14H25N3O/c1-6-17(11(3)9-18-5)8-13-12(4)14(15)10(2)7-16-13/h7,11H,6,8-9H2,1-5H3,(H2,15,16). The minimum atomic E-state index is 0.378. The molecular weight excluding hydrogens is 226 g/mol. The monoisotopic (exact) mass is 251 g/mol. The third-order valence-corrected chi connectivity index (χ3v) is 3.47. The largest absolute Gasteiger partial charge is 0.398 e. The van der Waals surface area contributed by atoms with Crippen molar-refractivity contribution >= 4 is 5.69 Å². The molecular formula is C14H25N3O. The predicted molar refractivity (Wildman–Crippen MR) is 75.5 cm³/mol. The number of hydrogen-bond acceptors (Lipinski definition) is 4. The van der Waals surface area contributed by atoms with Crippen molar-refractivity contribution in [1.29, 1.82) is 0 Å². The van der Waals surface area contributed by atoms with Crippen LogP contribution in [0.3, 0.4) is 0 Å². The Morgan fingerprint density at radius 2 is 2.11 bits per heavy atom. The van der Waals surface area contributed by atoms with Gasteiger partial charge >= 0.3 is 0 Å². The van der Waals surface area contributed by atoms with Crippen LogP contribution in [0.4, 0.5) is 5.69 Å². The molecule has 0 amide bonds. The third kappa shape index (κ3) is 3.43. The Morgan fingerprint density at radius 1 is 1.44 bits per heavy atom. The number of aryl methyl sites for hydroxylation is 1. The Balaban J connectivity index is 2.85. The number of aromatic nitrogens is 1. The van der Waals surface area contributed by atoms with E-state index in [9.17, 15) is 0 Å². The van der Waals surface area contributed by atoms with Crippen LogP contribution in [0.25, 0.3) is 0 Å². The lowest BCUT2D eigenvalue weighted by atomic mass is 10.1. The van der Waals surface area contributed by atoms with Gasteiger partial charge in [0.25, 0.3) is 0 Å². The van der Waals surface area contributed by atoms with Crippen LogP contribution >= 0.6 is 0 Å². The molecule has 102 valence electrons. The van der Waals surface area contributed by atoms with Gasteiger partial charge in [-0.15, -0.1) is 0 Å². The van der Waals surface area contributed by atoms with Gasteiger partial charge in [-0.3, -0.25) is 9.88 Å². The number of nitrogens with two attached hydrogens (primary N) is 1. The van der Waals surface area contributed by atoms with Gasteiger partial charge in [0.15, 0.2) is 0 Å². The minimum absolute atomic E-state index is 0.378. The van der Waals surface area contributed by atoms with E-state index in [0.717, 1.165) is 42.2 Å². The van der Waals surface area contributed by atoms with Crippen molar-refractivity contribution in [3.8, 4) is 0 Å². The molecule has 0 fully saturated rings. The van der Waals surface area contributed by atoms with Crippen molar-refractivity contribution in [2.24, 2.45) is 0 Å². The molecule has 0 bridgehead atoms. The molecule has 0 spiro atoms. The second-order valence-electron chi connectivity index (χ2n) is 4.79. The lowest BCUT2D eigenvalue weighted by molar-refractivity contribution is 0.0973. The second-order valence-corrected chi connectivity index (χ2v) is 4.79. The number of methoxy groups -OCH3 is 1. The Kier molecular flexibility index (Phi) is 5.56. The first kappa shape index (κ1) is 14.9. The van der Waals surface area contributed by atoms with E-state index in [2.05, 4.69) is 23.7 Å². The van der Waals surface area contributed by atoms with E-state index in [0.29, 0.717) is 6.04 Å². The molecule has 0 aliphatic carbocycles. The Bertz CT molecular complexity index is 393. The zero-order chi connectivity index (χ0) is 13.7. The summed E-state index contributed by atoms with van der Waals surface area (Å²) in [6.45, 7) is 10.9. The van der Waals surface area contributed by atoms with Gasteiger partial charge in [0.05, 0.1) is 12.3 Å². The highest BCUT2D eigenvalue weighted by Crippen LogP contribution is 2.19. The number of nitrogen functional groups attached to an aromatic ring is 1. The van der Waals surface area contributed by atoms with Gasteiger partial charge < -0.3 is 10.5 Å². The average molecular weight is 251 g/mol. The van der Waals surface area contributed by atoms with Crippen molar-refractivity contribution in [3.63, 3.8) is 0 Å². The number of pyridine rings is 1. The maximum Gasteiger partial charge on any atom is 0.0615 e. The van der Waals surface area contributed by atoms with Crippen LogP contribution in [-0.2, 0) is 11.3 Å². The van der Waals surface area contributed by atoms with E-state index in [1.807, 2.05) is 20.0 Å². The van der Waals surface area contributed by atoms with Gasteiger partial charge in [-0.2, -0.15) is 0 Å². The number of likely N-dealkylation sites (N-methyl/N-ethyl adjacent to an activating group) is 1. The maximum absolute atomic E-state index is 6.05. The summed E-state index contributed by atoms with van der Waals surface area (Å²) in [5.74, 6) is 0. The zero-order valence-corrected chi connectivity index (χ0v) is 12.2. The lowest BCUT2D eigenvalue weighted by Crippen LogP contribution is -2.36. The van der Waals surface area contributed by atoms with E-state index in [4.69, 9.17) is 10.5 Å². The molecule has 1 unspecified atom stereocenters. The summed E-state index contributed by atoms with van der Waals surface area (Å²) in [5, 5.41) is 0. The SMILES string of the molecule is CCN(Cc1ncc(C)c(N)c1C)C(C)COC. The molecule has 0 saturated heterocycles. The van der Waals surface area contributed by atoms with E-state index in [1.165, 1.54) is 0 Å².